The van der Waals surface area contributed by atoms with Gasteiger partial charge in [0.15, 0.2) is 0 Å². The standard InChI is InChI=1S/C16H17ClS/c17-16(13-8-10-5-6-11(13)7-10)14-9-18-15-4-2-1-3-12(14)15/h1-4,9-11,13,16H,5-8H2. The van der Waals surface area contributed by atoms with E-state index in [1.165, 1.54) is 41.3 Å². The Morgan fingerprint density at radius 3 is 2.83 bits per heavy atom. The molecule has 2 heteroatoms. The molecule has 4 unspecified atom stereocenters. The molecular formula is C16H17ClS. The van der Waals surface area contributed by atoms with Crippen LogP contribution >= 0.6 is 22.9 Å². The molecule has 2 aromatic rings. The van der Waals surface area contributed by atoms with Crippen molar-refractivity contribution in [1.29, 1.82) is 0 Å². The van der Waals surface area contributed by atoms with Crippen LogP contribution in [0, 0.1) is 17.8 Å². The van der Waals surface area contributed by atoms with Crippen LogP contribution in [0.25, 0.3) is 10.1 Å². The minimum Gasteiger partial charge on any atom is -0.143 e. The van der Waals surface area contributed by atoms with E-state index in [1.54, 1.807) is 0 Å². The summed E-state index contributed by atoms with van der Waals surface area (Å²) in [5.41, 5.74) is 1.38. The van der Waals surface area contributed by atoms with Gasteiger partial charge in [-0.3, -0.25) is 0 Å². The van der Waals surface area contributed by atoms with Crippen LogP contribution in [-0.4, -0.2) is 0 Å². The Morgan fingerprint density at radius 2 is 2.06 bits per heavy atom. The first-order valence-corrected chi connectivity index (χ1v) is 8.24. The van der Waals surface area contributed by atoms with Gasteiger partial charge in [-0.05, 0) is 59.4 Å². The summed E-state index contributed by atoms with van der Waals surface area (Å²) in [4.78, 5) is 0. The number of benzene rings is 1. The summed E-state index contributed by atoms with van der Waals surface area (Å²) in [6.45, 7) is 0. The zero-order valence-electron chi connectivity index (χ0n) is 10.3. The van der Waals surface area contributed by atoms with E-state index in [0.29, 0.717) is 0 Å². The first-order chi connectivity index (χ1) is 8.83. The summed E-state index contributed by atoms with van der Waals surface area (Å²) in [5, 5.41) is 3.90. The van der Waals surface area contributed by atoms with E-state index in [0.717, 1.165) is 17.8 Å². The van der Waals surface area contributed by atoms with E-state index in [2.05, 4.69) is 29.6 Å². The fourth-order valence-electron chi connectivity index (χ4n) is 4.09. The summed E-state index contributed by atoms with van der Waals surface area (Å²) in [5.74, 6) is 2.60. The molecule has 0 spiro atoms. The number of rotatable bonds is 2. The minimum absolute atomic E-state index is 0.233. The molecule has 0 saturated heterocycles. The van der Waals surface area contributed by atoms with Gasteiger partial charge in [-0.2, -0.15) is 0 Å². The van der Waals surface area contributed by atoms with Gasteiger partial charge in [0.2, 0.25) is 0 Å². The second-order valence-electron chi connectivity index (χ2n) is 5.93. The molecule has 0 N–H and O–H groups in total. The van der Waals surface area contributed by atoms with Crippen molar-refractivity contribution in [3.8, 4) is 0 Å². The fourth-order valence-corrected chi connectivity index (χ4v) is 5.66. The highest BCUT2D eigenvalue weighted by molar-refractivity contribution is 7.17. The molecule has 1 heterocycles. The lowest BCUT2D eigenvalue weighted by atomic mass is 9.84. The molecule has 0 radical (unpaired) electrons. The van der Waals surface area contributed by atoms with Crippen molar-refractivity contribution in [3.63, 3.8) is 0 Å². The van der Waals surface area contributed by atoms with Gasteiger partial charge in [-0.1, -0.05) is 24.6 Å². The van der Waals surface area contributed by atoms with Gasteiger partial charge in [0, 0.05) is 4.70 Å². The van der Waals surface area contributed by atoms with Gasteiger partial charge in [-0.25, -0.2) is 0 Å². The molecule has 94 valence electrons. The SMILES string of the molecule is ClC(c1csc2ccccc12)C1CC2CCC1C2. The predicted octanol–water partition coefficient (Wildman–Crippen LogP) is 5.62. The summed E-state index contributed by atoms with van der Waals surface area (Å²) in [6, 6.07) is 8.67. The third-order valence-electron chi connectivity index (χ3n) is 4.98. The second kappa shape index (κ2) is 4.25. The molecule has 2 aliphatic rings. The molecule has 2 fully saturated rings. The zero-order chi connectivity index (χ0) is 12.1. The third kappa shape index (κ3) is 1.64. The molecule has 0 nitrogen and oxygen atoms in total. The molecule has 4 rings (SSSR count). The Morgan fingerprint density at radius 1 is 1.17 bits per heavy atom. The average molecular weight is 277 g/mol. The smallest absolute Gasteiger partial charge is 0.0630 e. The van der Waals surface area contributed by atoms with Gasteiger partial charge < -0.3 is 0 Å². The first kappa shape index (κ1) is 11.3. The van der Waals surface area contributed by atoms with Crippen LogP contribution in [0.15, 0.2) is 29.6 Å². The molecule has 18 heavy (non-hydrogen) atoms. The van der Waals surface area contributed by atoms with E-state index < -0.39 is 0 Å². The molecule has 1 aromatic heterocycles. The van der Waals surface area contributed by atoms with Crippen molar-refractivity contribution in [2.75, 3.05) is 0 Å². The van der Waals surface area contributed by atoms with Crippen LogP contribution in [0.4, 0.5) is 0 Å². The molecule has 4 atom stereocenters. The predicted molar refractivity (Wildman–Crippen MR) is 79.4 cm³/mol. The number of thiophene rings is 1. The monoisotopic (exact) mass is 276 g/mol. The molecule has 1 aromatic carbocycles. The van der Waals surface area contributed by atoms with Crippen LogP contribution in [0.1, 0.15) is 36.6 Å². The second-order valence-corrected chi connectivity index (χ2v) is 7.31. The van der Waals surface area contributed by atoms with Gasteiger partial charge in [-0.15, -0.1) is 22.9 Å². The fraction of sp³-hybridized carbons (Fsp3) is 0.500. The summed E-state index contributed by atoms with van der Waals surface area (Å²) < 4.78 is 1.38. The highest BCUT2D eigenvalue weighted by atomic mass is 35.5. The van der Waals surface area contributed by atoms with Crippen molar-refractivity contribution < 1.29 is 0 Å². The Balaban J connectivity index is 1.70. The topological polar surface area (TPSA) is 0 Å². The zero-order valence-corrected chi connectivity index (χ0v) is 11.9. The lowest BCUT2D eigenvalue weighted by Gasteiger charge is -2.26. The molecule has 0 amide bonds. The van der Waals surface area contributed by atoms with Crippen molar-refractivity contribution >= 4 is 33.0 Å². The van der Waals surface area contributed by atoms with Crippen LogP contribution in [0.5, 0.6) is 0 Å². The maximum absolute atomic E-state index is 6.83. The molecular weight excluding hydrogens is 260 g/mol. The molecule has 2 saturated carbocycles. The van der Waals surface area contributed by atoms with Crippen molar-refractivity contribution in [2.45, 2.75) is 31.1 Å². The normalized spacial score (nSPS) is 32.2. The average Bonchev–Trinajstić information content (AvgIpc) is 3.12. The summed E-state index contributed by atoms with van der Waals surface area (Å²) in [7, 11) is 0. The van der Waals surface area contributed by atoms with E-state index in [1.807, 2.05) is 11.3 Å². The number of hydrogen-bond donors (Lipinski definition) is 0. The Kier molecular flexibility index (Phi) is 2.67. The summed E-state index contributed by atoms with van der Waals surface area (Å²) >= 11 is 8.67. The van der Waals surface area contributed by atoms with E-state index in [-0.39, 0.29) is 5.38 Å². The van der Waals surface area contributed by atoms with E-state index in [9.17, 15) is 0 Å². The third-order valence-corrected chi connectivity index (χ3v) is 6.52. The quantitative estimate of drug-likeness (QED) is 0.625. The maximum Gasteiger partial charge on any atom is 0.0630 e. The Labute approximate surface area is 117 Å². The van der Waals surface area contributed by atoms with E-state index in [4.69, 9.17) is 11.6 Å². The van der Waals surface area contributed by atoms with Crippen LogP contribution in [-0.2, 0) is 0 Å². The van der Waals surface area contributed by atoms with Crippen LogP contribution in [0.3, 0.4) is 0 Å². The van der Waals surface area contributed by atoms with Crippen molar-refractivity contribution in [1.82, 2.24) is 0 Å². The largest absolute Gasteiger partial charge is 0.143 e. The lowest BCUT2D eigenvalue weighted by Crippen LogP contribution is -2.15. The first-order valence-electron chi connectivity index (χ1n) is 6.93. The molecule has 2 aliphatic carbocycles. The highest BCUT2D eigenvalue weighted by Gasteiger charge is 2.43. The van der Waals surface area contributed by atoms with Gasteiger partial charge in [0.1, 0.15) is 0 Å². The highest BCUT2D eigenvalue weighted by Crippen LogP contribution is 2.55. The van der Waals surface area contributed by atoms with Gasteiger partial charge in [0.05, 0.1) is 5.38 Å². The number of fused-ring (bicyclic) bond motifs is 3. The number of halogens is 1. The Hall–Kier alpha value is -0.530. The van der Waals surface area contributed by atoms with E-state index >= 15 is 0 Å². The lowest BCUT2D eigenvalue weighted by molar-refractivity contribution is 0.324. The van der Waals surface area contributed by atoms with Crippen LogP contribution in [0.2, 0.25) is 0 Å². The van der Waals surface area contributed by atoms with Gasteiger partial charge in [0.25, 0.3) is 0 Å². The number of hydrogen-bond acceptors (Lipinski definition) is 1. The number of alkyl halides is 1. The Bertz CT molecular complexity index is 573. The van der Waals surface area contributed by atoms with Gasteiger partial charge >= 0.3 is 0 Å². The minimum atomic E-state index is 0.233. The summed E-state index contributed by atoms with van der Waals surface area (Å²) in [6.07, 6.45) is 5.68. The maximum atomic E-state index is 6.83. The van der Waals surface area contributed by atoms with Crippen molar-refractivity contribution in [3.05, 3.63) is 35.2 Å². The molecule has 2 bridgehead atoms. The van der Waals surface area contributed by atoms with Crippen LogP contribution < -0.4 is 0 Å². The van der Waals surface area contributed by atoms with Crippen molar-refractivity contribution in [2.24, 2.45) is 17.8 Å². The molecule has 0 aliphatic heterocycles.